The number of hydrogen-bond donors (Lipinski definition) is 1. The van der Waals surface area contributed by atoms with Crippen molar-refractivity contribution in [3.8, 4) is 5.69 Å². The predicted octanol–water partition coefficient (Wildman–Crippen LogP) is 3.75. The summed E-state index contributed by atoms with van der Waals surface area (Å²) >= 11 is 2.84. The van der Waals surface area contributed by atoms with Gasteiger partial charge >= 0.3 is 0 Å². The Labute approximate surface area is 193 Å². The van der Waals surface area contributed by atoms with E-state index in [-0.39, 0.29) is 11.7 Å². The van der Waals surface area contributed by atoms with E-state index in [0.29, 0.717) is 23.5 Å². The summed E-state index contributed by atoms with van der Waals surface area (Å²) in [4.78, 5) is 19.3. The number of carbonyl (C=O) groups is 1. The molecule has 1 aliphatic heterocycles. The number of aromatic nitrogens is 4. The molecule has 0 unspecified atom stereocenters. The van der Waals surface area contributed by atoms with Crippen LogP contribution in [-0.4, -0.2) is 57.7 Å². The Morgan fingerprint density at radius 1 is 1.16 bits per heavy atom. The molecule has 10 heteroatoms. The summed E-state index contributed by atoms with van der Waals surface area (Å²) in [5.74, 6) is 0.855. The van der Waals surface area contributed by atoms with Crippen molar-refractivity contribution < 1.29 is 9.53 Å². The van der Waals surface area contributed by atoms with Crippen molar-refractivity contribution in [3.05, 3.63) is 54.1 Å². The number of thioether (sulfide) groups is 1. The number of ether oxygens (including phenoxy) is 1. The molecule has 0 saturated carbocycles. The van der Waals surface area contributed by atoms with Gasteiger partial charge in [-0.3, -0.25) is 9.36 Å². The lowest BCUT2D eigenvalue weighted by Crippen LogP contribution is -2.37. The van der Waals surface area contributed by atoms with Crippen LogP contribution < -0.4 is 10.2 Å². The van der Waals surface area contributed by atoms with Gasteiger partial charge in [-0.15, -0.1) is 10.2 Å². The largest absolute Gasteiger partial charge is 0.378 e. The molecule has 1 saturated heterocycles. The number of para-hydroxylation sites is 1. The second-order valence-corrected chi connectivity index (χ2v) is 9.35. The first kappa shape index (κ1) is 20.9. The first-order chi connectivity index (χ1) is 15.7. The van der Waals surface area contributed by atoms with Gasteiger partial charge in [-0.1, -0.05) is 47.4 Å². The second-order valence-electron chi connectivity index (χ2n) is 7.38. The van der Waals surface area contributed by atoms with Crippen LogP contribution in [0, 0.1) is 6.92 Å². The summed E-state index contributed by atoms with van der Waals surface area (Å²) in [6.07, 6.45) is 0. The van der Waals surface area contributed by atoms with E-state index in [0.717, 1.165) is 34.9 Å². The molecule has 5 rings (SSSR count). The minimum absolute atomic E-state index is 0.124. The fourth-order valence-corrected chi connectivity index (χ4v) is 5.22. The van der Waals surface area contributed by atoms with Crippen molar-refractivity contribution in [2.24, 2.45) is 0 Å². The maximum Gasteiger partial charge on any atom is 0.236 e. The molecule has 4 aromatic rings. The van der Waals surface area contributed by atoms with Crippen molar-refractivity contribution in [2.45, 2.75) is 12.1 Å². The molecule has 32 heavy (non-hydrogen) atoms. The van der Waals surface area contributed by atoms with Crippen LogP contribution in [0.25, 0.3) is 15.9 Å². The average molecular weight is 467 g/mol. The SMILES string of the molecule is Cc1ccc2nc(NC(=O)CSc3nnc(N4CCOCC4)n3-c3ccccc3)sc2c1. The molecule has 2 aromatic heterocycles. The topological polar surface area (TPSA) is 85.2 Å². The number of carbonyl (C=O) groups excluding carboxylic acids is 1. The molecular weight excluding hydrogens is 444 g/mol. The normalized spacial score (nSPS) is 14.1. The van der Waals surface area contributed by atoms with Gasteiger partial charge < -0.3 is 15.0 Å². The van der Waals surface area contributed by atoms with E-state index < -0.39 is 0 Å². The summed E-state index contributed by atoms with van der Waals surface area (Å²) in [7, 11) is 0. The highest BCUT2D eigenvalue weighted by molar-refractivity contribution is 7.99. The number of hydrogen-bond acceptors (Lipinski definition) is 8. The number of benzene rings is 2. The molecule has 8 nitrogen and oxygen atoms in total. The molecule has 0 aliphatic carbocycles. The van der Waals surface area contributed by atoms with Crippen molar-refractivity contribution in [1.29, 1.82) is 0 Å². The predicted molar refractivity (Wildman–Crippen MR) is 128 cm³/mol. The van der Waals surface area contributed by atoms with Crippen LogP contribution in [-0.2, 0) is 9.53 Å². The molecular formula is C22H22N6O2S2. The summed E-state index contributed by atoms with van der Waals surface area (Å²) < 4.78 is 8.54. The van der Waals surface area contributed by atoms with Crippen LogP contribution in [0.4, 0.5) is 11.1 Å². The Balaban J connectivity index is 1.33. The number of aryl methyl sites for hydroxylation is 1. The first-order valence-electron chi connectivity index (χ1n) is 10.3. The van der Waals surface area contributed by atoms with Gasteiger partial charge in [0.25, 0.3) is 0 Å². The number of nitrogens with one attached hydrogen (secondary N) is 1. The van der Waals surface area contributed by atoms with E-state index in [1.54, 1.807) is 0 Å². The van der Waals surface area contributed by atoms with Gasteiger partial charge in [0.2, 0.25) is 11.9 Å². The molecule has 1 N–H and O–H groups in total. The number of rotatable bonds is 6. The van der Waals surface area contributed by atoms with Crippen LogP contribution in [0.1, 0.15) is 5.56 Å². The second kappa shape index (κ2) is 9.27. The molecule has 0 radical (unpaired) electrons. The fraction of sp³-hybridized carbons (Fsp3) is 0.273. The van der Waals surface area contributed by atoms with E-state index in [9.17, 15) is 4.79 Å². The van der Waals surface area contributed by atoms with E-state index >= 15 is 0 Å². The third-order valence-electron chi connectivity index (χ3n) is 5.05. The number of nitrogens with zero attached hydrogens (tertiary/aromatic N) is 5. The molecule has 1 fully saturated rings. The van der Waals surface area contributed by atoms with E-state index in [4.69, 9.17) is 4.74 Å². The molecule has 2 aromatic carbocycles. The van der Waals surface area contributed by atoms with Gasteiger partial charge in [-0.2, -0.15) is 0 Å². The Kier molecular flexibility index (Phi) is 6.06. The van der Waals surface area contributed by atoms with Crippen molar-refractivity contribution in [1.82, 2.24) is 19.7 Å². The maximum absolute atomic E-state index is 12.6. The Morgan fingerprint density at radius 2 is 1.97 bits per heavy atom. The molecule has 0 bridgehead atoms. The standard InChI is InChI=1S/C22H22N6O2S2/c1-15-7-8-17-18(13-15)32-20(23-17)24-19(29)14-31-22-26-25-21(27-9-11-30-12-10-27)28(22)16-5-3-2-4-6-16/h2-8,13H,9-12,14H2,1H3,(H,23,24,29). The zero-order valence-corrected chi connectivity index (χ0v) is 19.2. The molecule has 3 heterocycles. The lowest BCUT2D eigenvalue weighted by molar-refractivity contribution is -0.113. The lowest BCUT2D eigenvalue weighted by Gasteiger charge is -2.27. The Bertz CT molecular complexity index is 1230. The highest BCUT2D eigenvalue weighted by Gasteiger charge is 2.22. The van der Waals surface area contributed by atoms with Gasteiger partial charge in [0, 0.05) is 13.1 Å². The number of morpholine rings is 1. The minimum atomic E-state index is -0.124. The highest BCUT2D eigenvalue weighted by Crippen LogP contribution is 2.29. The van der Waals surface area contributed by atoms with Crippen LogP contribution in [0.15, 0.2) is 53.7 Å². The number of anilines is 2. The van der Waals surface area contributed by atoms with Gasteiger partial charge in [0.05, 0.1) is 34.9 Å². The van der Waals surface area contributed by atoms with Gasteiger partial charge in [-0.25, -0.2) is 4.98 Å². The average Bonchev–Trinajstić information content (AvgIpc) is 3.42. The van der Waals surface area contributed by atoms with Crippen LogP contribution in [0.3, 0.4) is 0 Å². The fourth-order valence-electron chi connectivity index (χ4n) is 3.50. The maximum atomic E-state index is 12.6. The third kappa shape index (κ3) is 4.47. The number of thiazole rings is 1. The lowest BCUT2D eigenvalue weighted by atomic mass is 10.2. The summed E-state index contributed by atoms with van der Waals surface area (Å²) in [6, 6.07) is 16.0. The first-order valence-corrected chi connectivity index (χ1v) is 12.1. The number of fused-ring (bicyclic) bond motifs is 1. The summed E-state index contributed by atoms with van der Waals surface area (Å²) in [5.41, 5.74) is 3.02. The third-order valence-corrected chi connectivity index (χ3v) is 6.91. The van der Waals surface area contributed by atoms with Crippen LogP contribution in [0.5, 0.6) is 0 Å². The molecule has 0 spiro atoms. The van der Waals surface area contributed by atoms with Crippen molar-refractivity contribution >= 4 is 50.3 Å². The van der Waals surface area contributed by atoms with Gasteiger partial charge in [0.15, 0.2) is 10.3 Å². The Morgan fingerprint density at radius 3 is 2.78 bits per heavy atom. The van der Waals surface area contributed by atoms with Crippen LogP contribution >= 0.6 is 23.1 Å². The molecule has 164 valence electrons. The van der Waals surface area contributed by atoms with E-state index in [1.165, 1.54) is 28.7 Å². The zero-order valence-electron chi connectivity index (χ0n) is 17.5. The molecule has 0 atom stereocenters. The zero-order chi connectivity index (χ0) is 21.9. The monoisotopic (exact) mass is 466 g/mol. The van der Waals surface area contributed by atoms with Gasteiger partial charge in [0.1, 0.15) is 0 Å². The molecule has 1 amide bonds. The van der Waals surface area contributed by atoms with Crippen molar-refractivity contribution in [3.63, 3.8) is 0 Å². The van der Waals surface area contributed by atoms with Crippen molar-refractivity contribution in [2.75, 3.05) is 42.3 Å². The highest BCUT2D eigenvalue weighted by atomic mass is 32.2. The van der Waals surface area contributed by atoms with E-state index in [2.05, 4.69) is 31.5 Å². The molecule has 1 aliphatic rings. The summed E-state index contributed by atoms with van der Waals surface area (Å²) in [6.45, 7) is 4.88. The summed E-state index contributed by atoms with van der Waals surface area (Å²) in [5, 5.41) is 13.0. The smallest absolute Gasteiger partial charge is 0.236 e. The van der Waals surface area contributed by atoms with Gasteiger partial charge in [-0.05, 0) is 36.8 Å². The van der Waals surface area contributed by atoms with Crippen LogP contribution in [0.2, 0.25) is 0 Å². The quantitative estimate of drug-likeness (QED) is 0.433. The minimum Gasteiger partial charge on any atom is -0.378 e. The van der Waals surface area contributed by atoms with E-state index in [1.807, 2.05) is 54.0 Å². The number of amides is 1. The Hall–Kier alpha value is -2.95.